The Morgan fingerprint density at radius 1 is 1.30 bits per heavy atom. The molecule has 0 unspecified atom stereocenters. The minimum atomic E-state index is -0.644. The average molecular weight is 358 g/mol. The third-order valence-electron chi connectivity index (χ3n) is 2.55. The highest BCUT2D eigenvalue weighted by Crippen LogP contribution is 2.25. The molecule has 23 heavy (non-hydrogen) atoms. The number of nitrogens with one attached hydrogen (secondary N) is 2. The van der Waals surface area contributed by atoms with Crippen LogP contribution in [0, 0.1) is 0 Å². The molecule has 0 bridgehead atoms. The lowest BCUT2D eigenvalue weighted by atomic mass is 10.3. The van der Waals surface area contributed by atoms with Gasteiger partial charge in [0.1, 0.15) is 6.54 Å². The molecule has 0 fully saturated rings. The summed E-state index contributed by atoms with van der Waals surface area (Å²) < 4.78 is 5.97. The number of carbonyl (C=O) groups excluding carboxylic acids is 2. The maximum atomic E-state index is 12.0. The number of amides is 2. The second-order valence-electron chi connectivity index (χ2n) is 4.32. The van der Waals surface area contributed by atoms with Crippen LogP contribution >= 0.6 is 23.2 Å². The van der Waals surface area contributed by atoms with E-state index in [4.69, 9.17) is 27.9 Å². The molecule has 0 saturated heterocycles. The van der Waals surface area contributed by atoms with E-state index in [1.54, 1.807) is 19.1 Å². The van der Waals surface area contributed by atoms with Crippen molar-refractivity contribution in [2.75, 3.05) is 17.2 Å². The Morgan fingerprint density at radius 2 is 2.09 bits per heavy atom. The van der Waals surface area contributed by atoms with Crippen molar-refractivity contribution in [1.29, 1.82) is 0 Å². The molecular formula is C13H13Cl2N5O3. The lowest BCUT2D eigenvalue weighted by Gasteiger charge is -2.07. The number of anilines is 2. The van der Waals surface area contributed by atoms with Gasteiger partial charge in [0.25, 0.3) is 0 Å². The van der Waals surface area contributed by atoms with E-state index in [0.29, 0.717) is 15.7 Å². The molecule has 0 aliphatic heterocycles. The van der Waals surface area contributed by atoms with Gasteiger partial charge in [0, 0.05) is 5.02 Å². The predicted molar refractivity (Wildman–Crippen MR) is 85.8 cm³/mol. The van der Waals surface area contributed by atoms with Crippen molar-refractivity contribution in [3.8, 4) is 0 Å². The highest BCUT2D eigenvalue weighted by Gasteiger charge is 2.10. The van der Waals surface area contributed by atoms with Gasteiger partial charge in [-0.3, -0.25) is 10.1 Å². The van der Waals surface area contributed by atoms with Crippen molar-refractivity contribution in [2.24, 2.45) is 0 Å². The van der Waals surface area contributed by atoms with E-state index < -0.39 is 6.09 Å². The Morgan fingerprint density at radius 3 is 2.83 bits per heavy atom. The predicted octanol–water partition coefficient (Wildman–Crippen LogP) is 2.79. The minimum absolute atomic E-state index is 0.111. The summed E-state index contributed by atoms with van der Waals surface area (Å²) in [6.07, 6.45) is 0.755. The van der Waals surface area contributed by atoms with Crippen LogP contribution in [0.2, 0.25) is 10.0 Å². The summed E-state index contributed by atoms with van der Waals surface area (Å²) >= 11 is 11.8. The number of benzene rings is 1. The Bertz CT molecular complexity index is 719. The van der Waals surface area contributed by atoms with E-state index in [1.807, 2.05) is 0 Å². The molecular weight excluding hydrogens is 345 g/mol. The quantitative estimate of drug-likeness (QED) is 0.857. The maximum absolute atomic E-state index is 12.0. The lowest BCUT2D eigenvalue weighted by Crippen LogP contribution is -2.19. The molecule has 2 rings (SSSR count). The molecule has 0 aliphatic rings. The number of rotatable bonds is 5. The first-order valence-electron chi connectivity index (χ1n) is 6.56. The fourth-order valence-electron chi connectivity index (χ4n) is 1.63. The van der Waals surface area contributed by atoms with Gasteiger partial charge in [0.05, 0.1) is 23.5 Å². The molecule has 10 heteroatoms. The summed E-state index contributed by atoms with van der Waals surface area (Å²) in [6, 6.07) is 4.73. The maximum Gasteiger partial charge on any atom is 0.412 e. The number of nitrogens with zero attached hydrogens (tertiary/aromatic N) is 3. The highest BCUT2D eigenvalue weighted by molar-refractivity contribution is 6.35. The molecule has 2 amide bonds. The molecule has 0 saturated carbocycles. The zero-order valence-electron chi connectivity index (χ0n) is 12.0. The van der Waals surface area contributed by atoms with Gasteiger partial charge in [-0.25, -0.2) is 9.48 Å². The van der Waals surface area contributed by atoms with E-state index in [9.17, 15) is 9.59 Å². The molecule has 1 aromatic heterocycles. The molecule has 2 N–H and O–H groups in total. The molecule has 0 atom stereocenters. The topological polar surface area (TPSA) is 98.1 Å². The smallest absolute Gasteiger partial charge is 0.412 e. The second kappa shape index (κ2) is 7.80. The van der Waals surface area contributed by atoms with Crippen LogP contribution in [0.5, 0.6) is 0 Å². The van der Waals surface area contributed by atoms with Crippen LogP contribution in [0.1, 0.15) is 6.92 Å². The number of halogens is 2. The zero-order chi connectivity index (χ0) is 16.8. The van der Waals surface area contributed by atoms with Crippen molar-refractivity contribution in [3.63, 3.8) is 0 Å². The molecule has 1 aromatic carbocycles. The van der Waals surface area contributed by atoms with Crippen molar-refractivity contribution < 1.29 is 14.3 Å². The summed E-state index contributed by atoms with van der Waals surface area (Å²) in [5, 5.41) is 13.2. The Balaban J connectivity index is 1.94. The lowest BCUT2D eigenvalue weighted by molar-refractivity contribution is -0.116. The van der Waals surface area contributed by atoms with E-state index in [-0.39, 0.29) is 24.9 Å². The minimum Gasteiger partial charge on any atom is -0.450 e. The van der Waals surface area contributed by atoms with Crippen molar-refractivity contribution in [3.05, 3.63) is 34.4 Å². The van der Waals surface area contributed by atoms with Gasteiger partial charge in [-0.15, -0.1) is 5.10 Å². The van der Waals surface area contributed by atoms with Crippen molar-refractivity contribution in [2.45, 2.75) is 13.5 Å². The van der Waals surface area contributed by atoms with Gasteiger partial charge < -0.3 is 10.1 Å². The van der Waals surface area contributed by atoms with E-state index >= 15 is 0 Å². The highest BCUT2D eigenvalue weighted by atomic mass is 35.5. The fraction of sp³-hybridized carbons (Fsp3) is 0.231. The number of aromatic nitrogens is 3. The Hall–Kier alpha value is -2.32. The van der Waals surface area contributed by atoms with Gasteiger partial charge in [-0.05, 0) is 25.1 Å². The third kappa shape index (κ3) is 5.11. The molecule has 122 valence electrons. The SMILES string of the molecule is CCOC(=O)Nc1cn(CC(=O)Nc2cc(Cl)ccc2Cl)nn1. The molecule has 2 aromatic rings. The second-order valence-corrected chi connectivity index (χ2v) is 5.16. The fourth-order valence-corrected chi connectivity index (χ4v) is 1.97. The van der Waals surface area contributed by atoms with Gasteiger partial charge >= 0.3 is 6.09 Å². The van der Waals surface area contributed by atoms with Crippen LogP contribution in [0.3, 0.4) is 0 Å². The largest absolute Gasteiger partial charge is 0.450 e. The summed E-state index contributed by atoms with van der Waals surface area (Å²) in [6.45, 7) is 1.81. The number of hydrogen-bond acceptors (Lipinski definition) is 5. The summed E-state index contributed by atoms with van der Waals surface area (Å²) in [5.74, 6) is -0.196. The normalized spacial score (nSPS) is 10.2. The van der Waals surface area contributed by atoms with E-state index in [2.05, 4.69) is 20.9 Å². The molecule has 0 spiro atoms. The van der Waals surface area contributed by atoms with Crippen LogP contribution in [0.25, 0.3) is 0 Å². The Kier molecular flexibility index (Phi) is 5.78. The number of hydrogen-bond donors (Lipinski definition) is 2. The van der Waals surface area contributed by atoms with Gasteiger partial charge in [0.2, 0.25) is 5.91 Å². The van der Waals surface area contributed by atoms with Crippen molar-refractivity contribution in [1.82, 2.24) is 15.0 Å². The van der Waals surface area contributed by atoms with Crippen molar-refractivity contribution >= 4 is 46.7 Å². The number of ether oxygens (including phenoxy) is 1. The summed E-state index contributed by atoms with van der Waals surface area (Å²) in [4.78, 5) is 23.2. The van der Waals surface area contributed by atoms with Crippen LogP contribution in [0.4, 0.5) is 16.3 Å². The van der Waals surface area contributed by atoms with Crippen LogP contribution in [-0.2, 0) is 16.1 Å². The molecule has 0 aliphatic carbocycles. The average Bonchev–Trinajstić information content (AvgIpc) is 2.90. The Labute approximate surface area is 141 Å². The van der Waals surface area contributed by atoms with Crippen LogP contribution in [-0.4, -0.2) is 33.6 Å². The zero-order valence-corrected chi connectivity index (χ0v) is 13.6. The number of carbonyl (C=O) groups is 2. The van der Waals surface area contributed by atoms with Gasteiger partial charge in [-0.1, -0.05) is 28.4 Å². The van der Waals surface area contributed by atoms with E-state index in [0.717, 1.165) is 0 Å². The monoisotopic (exact) mass is 357 g/mol. The molecule has 1 heterocycles. The first kappa shape index (κ1) is 17.0. The molecule has 8 nitrogen and oxygen atoms in total. The first-order valence-corrected chi connectivity index (χ1v) is 7.32. The standard InChI is InChI=1S/C13H13Cl2N5O3/c1-2-23-13(22)17-11-6-20(19-18-11)7-12(21)16-10-5-8(14)3-4-9(10)15/h3-6H,2,7H2,1H3,(H,16,21)(H,17,22). The van der Waals surface area contributed by atoms with Gasteiger partial charge in [-0.2, -0.15) is 0 Å². The molecule has 0 radical (unpaired) electrons. The summed E-state index contributed by atoms with van der Waals surface area (Å²) in [5.41, 5.74) is 0.397. The van der Waals surface area contributed by atoms with Crippen LogP contribution < -0.4 is 10.6 Å². The first-order chi connectivity index (χ1) is 11.0. The van der Waals surface area contributed by atoms with E-state index in [1.165, 1.54) is 16.9 Å². The summed E-state index contributed by atoms with van der Waals surface area (Å²) in [7, 11) is 0. The van der Waals surface area contributed by atoms with Crippen LogP contribution in [0.15, 0.2) is 24.4 Å². The third-order valence-corrected chi connectivity index (χ3v) is 3.12. The van der Waals surface area contributed by atoms with Gasteiger partial charge in [0.15, 0.2) is 5.82 Å².